The molecule has 0 aliphatic heterocycles. The van der Waals surface area contributed by atoms with E-state index in [-0.39, 0.29) is 0 Å². The number of ether oxygens (including phenoxy) is 1. The van der Waals surface area contributed by atoms with Gasteiger partial charge < -0.3 is 14.5 Å². The summed E-state index contributed by atoms with van der Waals surface area (Å²) >= 11 is 0. The van der Waals surface area contributed by atoms with Crippen LogP contribution in [0.4, 0.5) is 5.69 Å². The van der Waals surface area contributed by atoms with Gasteiger partial charge in [0.05, 0.1) is 12.8 Å². The Morgan fingerprint density at radius 2 is 1.61 bits per heavy atom. The average Bonchev–Trinajstić information content (AvgIpc) is 3.13. The second-order valence-electron chi connectivity index (χ2n) is 6.25. The number of nitrogens with one attached hydrogen (secondary N) is 1. The molecule has 0 unspecified atom stereocenters. The first-order valence-corrected chi connectivity index (χ1v) is 8.83. The number of amides is 1. The molecule has 0 saturated heterocycles. The first-order valence-electron chi connectivity index (χ1n) is 8.83. The van der Waals surface area contributed by atoms with Gasteiger partial charge in [-0.3, -0.25) is 9.59 Å². The minimum atomic E-state index is -0.717. The maximum atomic E-state index is 13.1. The summed E-state index contributed by atoms with van der Waals surface area (Å²) in [6.07, 6.45) is 1.78. The summed E-state index contributed by atoms with van der Waals surface area (Å²) in [5.74, 6) is -0.839. The van der Waals surface area contributed by atoms with Crippen molar-refractivity contribution in [3.8, 4) is 16.9 Å². The van der Waals surface area contributed by atoms with Crippen LogP contribution in [0.1, 0.15) is 10.5 Å². The number of para-hydroxylation sites is 2. The SMILES string of the molecule is COc1ccccc1NC(=O)C(=O)c1c(-c2ccccc2)cc2ccccn12. The van der Waals surface area contributed by atoms with Crippen molar-refractivity contribution in [1.29, 1.82) is 0 Å². The molecule has 2 aromatic carbocycles. The first-order chi connectivity index (χ1) is 13.7. The van der Waals surface area contributed by atoms with Gasteiger partial charge >= 0.3 is 0 Å². The molecule has 0 spiro atoms. The molecule has 0 radical (unpaired) electrons. The maximum absolute atomic E-state index is 13.1. The summed E-state index contributed by atoms with van der Waals surface area (Å²) < 4.78 is 6.99. The van der Waals surface area contributed by atoms with Gasteiger partial charge in [0.15, 0.2) is 0 Å². The van der Waals surface area contributed by atoms with E-state index in [2.05, 4.69) is 5.32 Å². The van der Waals surface area contributed by atoms with Gasteiger partial charge in [0, 0.05) is 17.3 Å². The number of rotatable bonds is 5. The maximum Gasteiger partial charge on any atom is 0.298 e. The third kappa shape index (κ3) is 3.14. The molecule has 0 aliphatic rings. The van der Waals surface area contributed by atoms with Crippen molar-refractivity contribution >= 4 is 22.9 Å². The highest BCUT2D eigenvalue weighted by molar-refractivity contribution is 6.47. The van der Waals surface area contributed by atoms with E-state index in [4.69, 9.17) is 4.74 Å². The number of nitrogens with zero attached hydrogens (tertiary/aromatic N) is 1. The summed E-state index contributed by atoms with van der Waals surface area (Å²) in [5.41, 5.74) is 3.21. The molecule has 28 heavy (non-hydrogen) atoms. The Balaban J connectivity index is 1.77. The van der Waals surface area contributed by atoms with Crippen molar-refractivity contribution in [1.82, 2.24) is 4.40 Å². The van der Waals surface area contributed by atoms with Crippen molar-refractivity contribution < 1.29 is 14.3 Å². The Morgan fingerprint density at radius 1 is 0.893 bits per heavy atom. The van der Waals surface area contributed by atoms with Crippen LogP contribution >= 0.6 is 0 Å². The number of hydrogen-bond acceptors (Lipinski definition) is 3. The lowest BCUT2D eigenvalue weighted by Crippen LogP contribution is -2.24. The van der Waals surface area contributed by atoms with Crippen molar-refractivity contribution in [3.63, 3.8) is 0 Å². The van der Waals surface area contributed by atoms with Crippen LogP contribution in [0.2, 0.25) is 0 Å². The molecular weight excluding hydrogens is 352 g/mol. The van der Waals surface area contributed by atoms with Crippen molar-refractivity contribution in [2.45, 2.75) is 0 Å². The number of ketones is 1. The van der Waals surface area contributed by atoms with Crippen LogP contribution in [0, 0.1) is 0 Å². The highest BCUT2D eigenvalue weighted by Gasteiger charge is 2.25. The molecule has 2 aromatic heterocycles. The Bertz CT molecular complexity index is 1160. The van der Waals surface area contributed by atoms with Crippen molar-refractivity contribution in [2.24, 2.45) is 0 Å². The zero-order valence-electron chi connectivity index (χ0n) is 15.3. The lowest BCUT2D eigenvalue weighted by molar-refractivity contribution is -0.112. The number of pyridine rings is 1. The minimum absolute atomic E-state index is 0.328. The Morgan fingerprint density at radius 3 is 2.39 bits per heavy atom. The fourth-order valence-electron chi connectivity index (χ4n) is 3.23. The molecule has 4 rings (SSSR count). The molecule has 5 nitrogen and oxygen atoms in total. The summed E-state index contributed by atoms with van der Waals surface area (Å²) in [6, 6.07) is 24.1. The number of aromatic nitrogens is 1. The first kappa shape index (κ1) is 17.5. The van der Waals surface area contributed by atoms with E-state index in [0.717, 1.165) is 11.1 Å². The van der Waals surface area contributed by atoms with Crippen LogP contribution in [0.5, 0.6) is 5.75 Å². The van der Waals surface area contributed by atoms with Crippen LogP contribution in [-0.4, -0.2) is 23.2 Å². The highest BCUT2D eigenvalue weighted by Crippen LogP contribution is 2.29. The standard InChI is InChI=1S/C23H18N2O3/c1-28-20-13-6-5-12-19(20)24-23(27)22(26)21-18(16-9-3-2-4-10-16)15-17-11-7-8-14-25(17)21/h2-15H,1H3,(H,24,27). The van der Waals surface area contributed by atoms with Crippen LogP contribution in [0.15, 0.2) is 85.1 Å². The molecule has 138 valence electrons. The molecule has 2 heterocycles. The van der Waals surface area contributed by atoms with Crippen LogP contribution in [0.3, 0.4) is 0 Å². The van der Waals surface area contributed by atoms with Crippen molar-refractivity contribution in [3.05, 3.63) is 90.8 Å². The Kier molecular flexibility index (Phi) is 4.64. The lowest BCUT2D eigenvalue weighted by atomic mass is 10.0. The van der Waals surface area contributed by atoms with Gasteiger partial charge in [-0.05, 0) is 35.9 Å². The van der Waals surface area contributed by atoms with Crippen LogP contribution < -0.4 is 10.1 Å². The van der Waals surface area contributed by atoms with E-state index in [9.17, 15) is 9.59 Å². The van der Waals surface area contributed by atoms with Gasteiger partial charge in [0.1, 0.15) is 11.4 Å². The van der Waals surface area contributed by atoms with E-state index < -0.39 is 11.7 Å². The normalized spacial score (nSPS) is 10.6. The van der Waals surface area contributed by atoms with E-state index in [0.29, 0.717) is 22.7 Å². The third-order valence-electron chi connectivity index (χ3n) is 4.54. The Labute approximate surface area is 162 Å². The summed E-state index contributed by atoms with van der Waals surface area (Å²) in [5, 5.41) is 2.67. The molecule has 1 amide bonds. The predicted molar refractivity (Wildman–Crippen MR) is 109 cm³/mol. The van der Waals surface area contributed by atoms with Gasteiger partial charge in [-0.25, -0.2) is 0 Å². The molecule has 4 aromatic rings. The quantitative estimate of drug-likeness (QED) is 0.417. The highest BCUT2D eigenvalue weighted by atomic mass is 16.5. The number of methoxy groups -OCH3 is 1. The molecule has 1 N–H and O–H groups in total. The number of Topliss-reactive ketones (excluding diaryl/α,β-unsaturated/α-hetero) is 1. The smallest absolute Gasteiger partial charge is 0.298 e. The number of fused-ring (bicyclic) bond motifs is 1. The van der Waals surface area contributed by atoms with Gasteiger partial charge in [-0.1, -0.05) is 48.5 Å². The third-order valence-corrected chi connectivity index (χ3v) is 4.54. The summed E-state index contributed by atoms with van der Waals surface area (Å²) in [7, 11) is 1.51. The minimum Gasteiger partial charge on any atom is -0.495 e. The molecule has 0 bridgehead atoms. The number of carbonyl (C=O) groups is 2. The number of benzene rings is 2. The van der Waals surface area contributed by atoms with Gasteiger partial charge in [0.2, 0.25) is 0 Å². The fourth-order valence-corrected chi connectivity index (χ4v) is 3.23. The fraction of sp³-hybridized carbons (Fsp3) is 0.0435. The van der Waals surface area contributed by atoms with Crippen LogP contribution in [0.25, 0.3) is 16.6 Å². The molecule has 0 fully saturated rings. The topological polar surface area (TPSA) is 59.8 Å². The number of carbonyl (C=O) groups excluding carboxylic acids is 2. The van der Waals surface area contributed by atoms with Crippen molar-refractivity contribution in [2.75, 3.05) is 12.4 Å². The zero-order chi connectivity index (χ0) is 19.5. The van der Waals surface area contributed by atoms with Crippen LogP contribution in [-0.2, 0) is 4.79 Å². The average molecular weight is 370 g/mol. The predicted octanol–water partition coefficient (Wildman–Crippen LogP) is 4.44. The molecule has 0 atom stereocenters. The number of hydrogen-bond donors (Lipinski definition) is 1. The lowest BCUT2D eigenvalue weighted by Gasteiger charge is -2.10. The summed E-state index contributed by atoms with van der Waals surface area (Å²) in [6.45, 7) is 0. The van der Waals surface area contributed by atoms with Gasteiger partial charge in [-0.2, -0.15) is 0 Å². The molecular formula is C23H18N2O3. The number of anilines is 1. The summed E-state index contributed by atoms with van der Waals surface area (Å²) in [4.78, 5) is 25.9. The van der Waals surface area contributed by atoms with E-state index in [1.165, 1.54) is 7.11 Å². The molecule has 0 saturated carbocycles. The zero-order valence-corrected chi connectivity index (χ0v) is 15.3. The van der Waals surface area contributed by atoms with Gasteiger partial charge in [0.25, 0.3) is 11.7 Å². The second-order valence-corrected chi connectivity index (χ2v) is 6.25. The van der Waals surface area contributed by atoms with Gasteiger partial charge in [-0.15, -0.1) is 0 Å². The molecule has 0 aliphatic carbocycles. The van der Waals surface area contributed by atoms with E-state index in [1.807, 2.05) is 54.6 Å². The largest absolute Gasteiger partial charge is 0.495 e. The van der Waals surface area contributed by atoms with E-state index in [1.54, 1.807) is 34.9 Å². The van der Waals surface area contributed by atoms with E-state index >= 15 is 0 Å². The molecule has 5 heteroatoms. The monoisotopic (exact) mass is 370 g/mol. The Hall–Kier alpha value is -3.86. The second kappa shape index (κ2) is 7.40.